The number of nitrogen functional groups attached to an aromatic ring is 1. The standard InChI is InChI=1S/C18H15N3/c19-11-10-14-12-15(8-9-17(14)20)21-18-7-3-5-13-4-1-2-6-16(13)18/h1-9,12,21H,10,20H2. The lowest BCUT2D eigenvalue weighted by atomic mass is 10.1. The number of nitrogens with two attached hydrogens (primary N) is 1. The van der Waals surface area contributed by atoms with Crippen LogP contribution in [0.15, 0.2) is 60.7 Å². The minimum Gasteiger partial charge on any atom is -0.398 e. The molecule has 3 aromatic rings. The number of anilines is 3. The summed E-state index contributed by atoms with van der Waals surface area (Å²) in [5, 5.41) is 14.6. The van der Waals surface area contributed by atoms with Crippen molar-refractivity contribution in [3.63, 3.8) is 0 Å². The number of hydrogen-bond donors (Lipinski definition) is 2. The minimum atomic E-state index is 0.316. The van der Waals surface area contributed by atoms with Crippen LogP contribution in [0.2, 0.25) is 0 Å². The van der Waals surface area contributed by atoms with E-state index >= 15 is 0 Å². The number of fused-ring (bicyclic) bond motifs is 1. The highest BCUT2D eigenvalue weighted by molar-refractivity contribution is 5.95. The molecule has 3 N–H and O–H groups in total. The molecule has 0 saturated carbocycles. The molecule has 0 amide bonds. The average Bonchev–Trinajstić information content (AvgIpc) is 2.51. The van der Waals surface area contributed by atoms with Crippen molar-refractivity contribution >= 4 is 27.8 Å². The predicted octanol–water partition coefficient (Wildman–Crippen LogP) is 4.23. The number of nitriles is 1. The summed E-state index contributed by atoms with van der Waals surface area (Å²) in [6.07, 6.45) is 0.316. The highest BCUT2D eigenvalue weighted by Gasteiger charge is 2.04. The molecule has 0 radical (unpaired) electrons. The third-order valence-corrected chi connectivity index (χ3v) is 3.48. The molecule has 0 spiro atoms. The average molecular weight is 273 g/mol. The fourth-order valence-electron chi connectivity index (χ4n) is 2.41. The molecule has 21 heavy (non-hydrogen) atoms. The lowest BCUT2D eigenvalue weighted by Crippen LogP contribution is -1.97. The largest absolute Gasteiger partial charge is 0.398 e. The van der Waals surface area contributed by atoms with Gasteiger partial charge in [-0.15, -0.1) is 0 Å². The smallest absolute Gasteiger partial charge is 0.0670 e. The van der Waals surface area contributed by atoms with E-state index in [0.29, 0.717) is 12.1 Å². The van der Waals surface area contributed by atoms with E-state index in [9.17, 15) is 0 Å². The van der Waals surface area contributed by atoms with Gasteiger partial charge < -0.3 is 11.1 Å². The Bertz CT molecular complexity index is 826. The number of rotatable bonds is 3. The Kier molecular flexibility index (Phi) is 3.44. The van der Waals surface area contributed by atoms with Gasteiger partial charge in [-0.3, -0.25) is 0 Å². The van der Waals surface area contributed by atoms with Crippen LogP contribution in [0.4, 0.5) is 17.1 Å². The lowest BCUT2D eigenvalue weighted by Gasteiger charge is -2.11. The van der Waals surface area contributed by atoms with Crippen LogP contribution in [-0.2, 0) is 6.42 Å². The zero-order valence-electron chi connectivity index (χ0n) is 11.5. The van der Waals surface area contributed by atoms with Crippen LogP contribution in [0, 0.1) is 11.3 Å². The Labute approximate surface area is 123 Å². The quantitative estimate of drug-likeness (QED) is 0.702. The van der Waals surface area contributed by atoms with Crippen LogP contribution >= 0.6 is 0 Å². The first-order valence-electron chi connectivity index (χ1n) is 6.78. The molecule has 0 atom stereocenters. The first-order chi connectivity index (χ1) is 10.3. The van der Waals surface area contributed by atoms with E-state index < -0.39 is 0 Å². The van der Waals surface area contributed by atoms with Crippen molar-refractivity contribution in [1.82, 2.24) is 0 Å². The Morgan fingerprint density at radius 2 is 1.81 bits per heavy atom. The Morgan fingerprint density at radius 3 is 2.67 bits per heavy atom. The first-order valence-corrected chi connectivity index (χ1v) is 6.78. The van der Waals surface area contributed by atoms with E-state index in [1.54, 1.807) is 0 Å². The molecule has 3 aromatic carbocycles. The zero-order chi connectivity index (χ0) is 14.7. The fourth-order valence-corrected chi connectivity index (χ4v) is 2.41. The molecule has 0 bridgehead atoms. The summed E-state index contributed by atoms with van der Waals surface area (Å²) >= 11 is 0. The van der Waals surface area contributed by atoms with Crippen LogP contribution in [-0.4, -0.2) is 0 Å². The van der Waals surface area contributed by atoms with Crippen LogP contribution in [0.1, 0.15) is 5.56 Å². The Hall–Kier alpha value is -2.99. The van der Waals surface area contributed by atoms with E-state index in [1.807, 2.05) is 42.5 Å². The Balaban J connectivity index is 1.99. The van der Waals surface area contributed by atoms with Gasteiger partial charge in [-0.05, 0) is 35.2 Å². The molecule has 0 fully saturated rings. The molecule has 3 rings (SSSR count). The maximum absolute atomic E-state index is 8.84. The molecule has 0 saturated heterocycles. The van der Waals surface area contributed by atoms with Crippen molar-refractivity contribution in [3.8, 4) is 6.07 Å². The lowest BCUT2D eigenvalue weighted by molar-refractivity contribution is 1.27. The zero-order valence-corrected chi connectivity index (χ0v) is 11.5. The van der Waals surface area contributed by atoms with Crippen LogP contribution in [0.5, 0.6) is 0 Å². The monoisotopic (exact) mass is 273 g/mol. The Morgan fingerprint density at radius 1 is 1.00 bits per heavy atom. The van der Waals surface area contributed by atoms with Gasteiger partial charge in [0.15, 0.2) is 0 Å². The van der Waals surface area contributed by atoms with Crippen LogP contribution in [0.25, 0.3) is 10.8 Å². The topological polar surface area (TPSA) is 61.8 Å². The second-order valence-corrected chi connectivity index (χ2v) is 4.90. The number of hydrogen-bond acceptors (Lipinski definition) is 3. The maximum Gasteiger partial charge on any atom is 0.0670 e. The second-order valence-electron chi connectivity index (χ2n) is 4.90. The van der Waals surface area contributed by atoms with Gasteiger partial charge in [-0.25, -0.2) is 0 Å². The molecular formula is C18H15N3. The van der Waals surface area contributed by atoms with Crippen molar-refractivity contribution in [2.24, 2.45) is 0 Å². The molecule has 102 valence electrons. The van der Waals surface area contributed by atoms with Gasteiger partial charge in [-0.2, -0.15) is 5.26 Å². The highest BCUT2D eigenvalue weighted by Crippen LogP contribution is 2.27. The summed E-state index contributed by atoms with van der Waals surface area (Å²) in [5.74, 6) is 0. The summed E-state index contributed by atoms with van der Waals surface area (Å²) in [5.41, 5.74) is 9.36. The number of benzene rings is 3. The van der Waals surface area contributed by atoms with Gasteiger partial charge in [0.1, 0.15) is 0 Å². The third-order valence-electron chi connectivity index (χ3n) is 3.48. The molecule has 0 aliphatic rings. The van der Waals surface area contributed by atoms with E-state index in [1.165, 1.54) is 10.8 Å². The SMILES string of the molecule is N#CCc1cc(Nc2cccc3ccccc23)ccc1N. The van der Waals surface area contributed by atoms with E-state index in [4.69, 9.17) is 11.0 Å². The van der Waals surface area contributed by atoms with Crippen molar-refractivity contribution < 1.29 is 0 Å². The normalized spacial score (nSPS) is 10.2. The van der Waals surface area contributed by atoms with Crippen molar-refractivity contribution in [1.29, 1.82) is 5.26 Å². The summed E-state index contributed by atoms with van der Waals surface area (Å²) < 4.78 is 0. The summed E-state index contributed by atoms with van der Waals surface area (Å²) in [6.45, 7) is 0. The maximum atomic E-state index is 8.84. The van der Waals surface area contributed by atoms with Gasteiger partial charge in [0.2, 0.25) is 0 Å². The van der Waals surface area contributed by atoms with Crippen LogP contribution in [0.3, 0.4) is 0 Å². The van der Waals surface area contributed by atoms with E-state index in [-0.39, 0.29) is 0 Å². The van der Waals surface area contributed by atoms with Gasteiger partial charge >= 0.3 is 0 Å². The molecule has 0 aromatic heterocycles. The van der Waals surface area contributed by atoms with Crippen molar-refractivity contribution in [2.75, 3.05) is 11.1 Å². The first kappa shape index (κ1) is 13.0. The molecule has 3 heteroatoms. The van der Waals surface area contributed by atoms with Gasteiger partial charge in [-0.1, -0.05) is 36.4 Å². The highest BCUT2D eigenvalue weighted by atomic mass is 14.9. The molecule has 0 heterocycles. The van der Waals surface area contributed by atoms with Gasteiger partial charge in [0.25, 0.3) is 0 Å². The van der Waals surface area contributed by atoms with Crippen molar-refractivity contribution in [3.05, 3.63) is 66.2 Å². The minimum absolute atomic E-state index is 0.316. The van der Waals surface area contributed by atoms with E-state index in [2.05, 4.69) is 29.6 Å². The van der Waals surface area contributed by atoms with Gasteiger partial charge in [0.05, 0.1) is 12.5 Å². The third kappa shape index (κ3) is 2.65. The predicted molar refractivity (Wildman–Crippen MR) is 87.4 cm³/mol. The second kappa shape index (κ2) is 5.56. The number of nitrogens with one attached hydrogen (secondary N) is 1. The van der Waals surface area contributed by atoms with Gasteiger partial charge in [0, 0.05) is 22.4 Å². The van der Waals surface area contributed by atoms with Crippen LogP contribution < -0.4 is 11.1 Å². The van der Waals surface area contributed by atoms with E-state index in [0.717, 1.165) is 16.9 Å². The number of nitrogens with zero attached hydrogens (tertiary/aromatic N) is 1. The molecule has 3 nitrogen and oxygen atoms in total. The molecule has 0 aliphatic carbocycles. The molecule has 0 aliphatic heterocycles. The fraction of sp³-hybridized carbons (Fsp3) is 0.0556. The summed E-state index contributed by atoms with van der Waals surface area (Å²) in [7, 11) is 0. The molecular weight excluding hydrogens is 258 g/mol. The molecule has 0 unspecified atom stereocenters. The van der Waals surface area contributed by atoms with Crippen molar-refractivity contribution in [2.45, 2.75) is 6.42 Å². The summed E-state index contributed by atoms with van der Waals surface area (Å²) in [6, 6.07) is 22.2. The summed E-state index contributed by atoms with van der Waals surface area (Å²) in [4.78, 5) is 0.